The average molecular weight is 551 g/mol. The Morgan fingerprint density at radius 3 is 2.52 bits per heavy atom. The second-order valence-electron chi connectivity index (χ2n) is 11.2. The summed E-state index contributed by atoms with van der Waals surface area (Å²) in [6.07, 6.45) is 8.66. The van der Waals surface area contributed by atoms with Gasteiger partial charge in [-0.15, -0.1) is 0 Å². The zero-order valence-corrected chi connectivity index (χ0v) is 23.7. The van der Waals surface area contributed by atoms with Gasteiger partial charge in [0.1, 0.15) is 12.4 Å². The van der Waals surface area contributed by atoms with Crippen LogP contribution in [0.15, 0.2) is 48.7 Å². The number of hydrogen-bond donors (Lipinski definition) is 1. The molecule has 3 aromatic rings. The van der Waals surface area contributed by atoms with E-state index < -0.39 is 0 Å². The number of ether oxygens (including phenoxy) is 4. The van der Waals surface area contributed by atoms with Crippen LogP contribution in [0.25, 0.3) is 10.9 Å². The first kappa shape index (κ1) is 28.2. The fourth-order valence-electron chi connectivity index (χ4n) is 5.98. The van der Waals surface area contributed by atoms with E-state index in [-0.39, 0.29) is 11.7 Å². The Labute approximate surface area is 236 Å². The predicted molar refractivity (Wildman–Crippen MR) is 154 cm³/mol. The Bertz CT molecular complexity index is 1250. The number of piperidine rings is 1. The number of anilines is 1. The Balaban J connectivity index is 1.01. The third kappa shape index (κ3) is 6.70. The molecule has 0 atom stereocenters. The van der Waals surface area contributed by atoms with Crippen molar-refractivity contribution in [1.29, 1.82) is 0 Å². The van der Waals surface area contributed by atoms with E-state index in [0.29, 0.717) is 43.2 Å². The molecule has 5 rings (SSSR count). The highest BCUT2D eigenvalue weighted by atomic mass is 16.6. The third-order valence-corrected chi connectivity index (χ3v) is 8.66. The quantitative estimate of drug-likeness (QED) is 0.260. The SMILES string of the molecule is COc1cc2nn(C3CCC(COCCC4CCN(C(=O)OCc5ccccc5)CC4)(OC)CC3)cc2cc1N. The molecule has 40 heavy (non-hydrogen) atoms. The van der Waals surface area contributed by atoms with E-state index >= 15 is 0 Å². The van der Waals surface area contributed by atoms with Crippen molar-refractivity contribution in [3.63, 3.8) is 0 Å². The molecule has 9 heteroatoms. The molecule has 216 valence electrons. The number of methoxy groups -OCH3 is 2. The molecule has 0 spiro atoms. The number of nitrogen functional groups attached to an aromatic ring is 1. The summed E-state index contributed by atoms with van der Waals surface area (Å²) in [5, 5.41) is 5.83. The molecular formula is C31H42N4O5. The minimum Gasteiger partial charge on any atom is -0.495 e. The molecule has 1 aliphatic carbocycles. The van der Waals surface area contributed by atoms with Crippen LogP contribution in [0.1, 0.15) is 56.6 Å². The average Bonchev–Trinajstić information content (AvgIpc) is 3.41. The number of nitrogens with two attached hydrogens (primary N) is 1. The first-order valence-electron chi connectivity index (χ1n) is 14.4. The standard InChI is InChI=1S/C31H42N4O5/c1-37-29-19-28-25(18-27(29)32)20-35(33-28)26-8-13-31(38-2,14-9-26)22-39-17-12-23-10-15-34(16-11-23)30(36)40-21-24-6-4-3-5-7-24/h3-7,18-20,23,26H,8-17,21-22,32H2,1-2H3. The van der Waals surface area contributed by atoms with Crippen LogP contribution < -0.4 is 10.5 Å². The number of fused-ring (bicyclic) bond motifs is 1. The summed E-state index contributed by atoms with van der Waals surface area (Å²) >= 11 is 0. The normalized spacial score (nSPS) is 21.9. The van der Waals surface area contributed by atoms with Gasteiger partial charge in [-0.1, -0.05) is 30.3 Å². The summed E-state index contributed by atoms with van der Waals surface area (Å²) in [7, 11) is 3.42. The molecule has 2 aromatic carbocycles. The first-order chi connectivity index (χ1) is 19.5. The topological polar surface area (TPSA) is 101 Å². The summed E-state index contributed by atoms with van der Waals surface area (Å²) in [5.74, 6) is 1.22. The fourth-order valence-corrected chi connectivity index (χ4v) is 5.98. The van der Waals surface area contributed by atoms with E-state index in [4.69, 9.17) is 29.8 Å². The Morgan fingerprint density at radius 2 is 1.82 bits per heavy atom. The van der Waals surface area contributed by atoms with Gasteiger partial charge in [0, 0.05) is 44.5 Å². The molecule has 9 nitrogen and oxygen atoms in total. The second kappa shape index (κ2) is 12.9. The molecule has 0 bridgehead atoms. The molecule has 2 fully saturated rings. The van der Waals surface area contributed by atoms with Crippen molar-refractivity contribution < 1.29 is 23.7 Å². The van der Waals surface area contributed by atoms with E-state index in [9.17, 15) is 4.79 Å². The number of benzene rings is 2. The van der Waals surface area contributed by atoms with Crippen LogP contribution in [0, 0.1) is 5.92 Å². The predicted octanol–water partition coefficient (Wildman–Crippen LogP) is 5.58. The van der Waals surface area contributed by atoms with Crippen molar-refractivity contribution >= 4 is 22.7 Å². The van der Waals surface area contributed by atoms with Crippen LogP contribution in [0.2, 0.25) is 0 Å². The van der Waals surface area contributed by atoms with Gasteiger partial charge in [0.2, 0.25) is 0 Å². The molecule has 1 saturated heterocycles. The molecule has 1 amide bonds. The highest BCUT2D eigenvalue weighted by Gasteiger charge is 2.36. The lowest BCUT2D eigenvalue weighted by Crippen LogP contribution is -2.41. The number of likely N-dealkylation sites (tertiary alicyclic amines) is 1. The van der Waals surface area contributed by atoms with Gasteiger partial charge in [-0.25, -0.2) is 4.79 Å². The van der Waals surface area contributed by atoms with Crippen molar-refractivity contribution in [3.8, 4) is 5.75 Å². The van der Waals surface area contributed by atoms with Gasteiger partial charge in [0.15, 0.2) is 0 Å². The zero-order valence-electron chi connectivity index (χ0n) is 23.7. The monoisotopic (exact) mass is 550 g/mol. The lowest BCUT2D eigenvalue weighted by molar-refractivity contribution is -0.103. The lowest BCUT2D eigenvalue weighted by Gasteiger charge is -2.39. The molecule has 1 saturated carbocycles. The van der Waals surface area contributed by atoms with Gasteiger partial charge in [-0.2, -0.15) is 5.10 Å². The summed E-state index contributed by atoms with van der Waals surface area (Å²) in [6, 6.07) is 14.0. The number of carbonyl (C=O) groups is 1. The second-order valence-corrected chi connectivity index (χ2v) is 11.2. The van der Waals surface area contributed by atoms with Gasteiger partial charge >= 0.3 is 6.09 Å². The maximum atomic E-state index is 12.4. The Hall–Kier alpha value is -3.30. The highest BCUT2D eigenvalue weighted by Crippen LogP contribution is 2.38. The first-order valence-corrected chi connectivity index (χ1v) is 14.4. The summed E-state index contributed by atoms with van der Waals surface area (Å²) in [6.45, 7) is 3.12. The third-order valence-electron chi connectivity index (χ3n) is 8.66. The van der Waals surface area contributed by atoms with Gasteiger partial charge in [0.25, 0.3) is 0 Å². The van der Waals surface area contributed by atoms with Gasteiger partial charge in [-0.05, 0) is 62.5 Å². The van der Waals surface area contributed by atoms with E-state index in [0.717, 1.165) is 74.5 Å². The highest BCUT2D eigenvalue weighted by molar-refractivity contribution is 5.84. The van der Waals surface area contributed by atoms with E-state index in [1.807, 2.05) is 47.4 Å². The number of nitrogens with zero attached hydrogens (tertiary/aromatic N) is 3. The van der Waals surface area contributed by atoms with E-state index in [1.165, 1.54) is 0 Å². The largest absolute Gasteiger partial charge is 0.495 e. The van der Waals surface area contributed by atoms with Crippen LogP contribution in [0.5, 0.6) is 5.75 Å². The smallest absolute Gasteiger partial charge is 0.410 e. The number of carbonyl (C=O) groups excluding carboxylic acids is 1. The van der Waals surface area contributed by atoms with Crippen LogP contribution >= 0.6 is 0 Å². The summed E-state index contributed by atoms with van der Waals surface area (Å²) in [4.78, 5) is 14.3. The Morgan fingerprint density at radius 1 is 1.07 bits per heavy atom. The number of aromatic nitrogens is 2. The van der Waals surface area contributed by atoms with E-state index in [1.54, 1.807) is 14.2 Å². The van der Waals surface area contributed by atoms with Crippen LogP contribution in [-0.4, -0.2) is 66.9 Å². The lowest BCUT2D eigenvalue weighted by atomic mass is 9.82. The van der Waals surface area contributed by atoms with Crippen molar-refractivity contribution in [2.75, 3.05) is 46.3 Å². The minimum absolute atomic E-state index is 0.219. The number of hydrogen-bond acceptors (Lipinski definition) is 7. The fraction of sp³-hybridized carbons (Fsp3) is 0.548. The van der Waals surface area contributed by atoms with Crippen molar-refractivity contribution in [3.05, 3.63) is 54.2 Å². The van der Waals surface area contributed by atoms with Gasteiger partial charge < -0.3 is 29.6 Å². The van der Waals surface area contributed by atoms with Crippen molar-refractivity contribution in [2.24, 2.45) is 5.92 Å². The van der Waals surface area contributed by atoms with Gasteiger partial charge in [-0.3, -0.25) is 4.68 Å². The molecular weight excluding hydrogens is 508 g/mol. The number of rotatable bonds is 10. The maximum absolute atomic E-state index is 12.4. The summed E-state index contributed by atoms with van der Waals surface area (Å²) < 4.78 is 25.1. The molecule has 1 aromatic heterocycles. The van der Waals surface area contributed by atoms with Crippen LogP contribution in [0.3, 0.4) is 0 Å². The molecule has 0 radical (unpaired) electrons. The molecule has 0 unspecified atom stereocenters. The zero-order chi connectivity index (χ0) is 28.0. The molecule has 2 N–H and O–H groups in total. The van der Waals surface area contributed by atoms with Crippen molar-refractivity contribution in [1.82, 2.24) is 14.7 Å². The maximum Gasteiger partial charge on any atom is 0.410 e. The molecule has 1 aliphatic heterocycles. The number of amides is 1. The molecule has 2 aliphatic rings. The van der Waals surface area contributed by atoms with Crippen molar-refractivity contribution in [2.45, 2.75) is 63.2 Å². The van der Waals surface area contributed by atoms with Gasteiger partial charge in [0.05, 0.1) is 36.6 Å². The minimum atomic E-state index is -0.247. The van der Waals surface area contributed by atoms with Crippen LogP contribution in [0.4, 0.5) is 10.5 Å². The summed E-state index contributed by atoms with van der Waals surface area (Å²) in [5.41, 5.74) is 8.36. The molecule has 2 heterocycles. The Kier molecular flexibility index (Phi) is 9.11. The van der Waals surface area contributed by atoms with Crippen LogP contribution in [-0.2, 0) is 20.8 Å². The van der Waals surface area contributed by atoms with E-state index in [2.05, 4.69) is 10.9 Å².